The van der Waals surface area contributed by atoms with E-state index in [2.05, 4.69) is 21.5 Å². The van der Waals surface area contributed by atoms with E-state index >= 15 is 0 Å². The number of carboxylic acids is 1. The molecule has 0 aliphatic heterocycles. The van der Waals surface area contributed by atoms with Gasteiger partial charge in [0.1, 0.15) is 11.6 Å². The first-order chi connectivity index (χ1) is 12.1. The Morgan fingerprint density at radius 2 is 2.08 bits per heavy atom. The van der Waals surface area contributed by atoms with Crippen LogP contribution in [0.25, 0.3) is 11.4 Å². The van der Waals surface area contributed by atoms with E-state index in [1.807, 2.05) is 42.7 Å². The topological polar surface area (TPSA) is 77.2 Å². The van der Waals surface area contributed by atoms with Crippen LogP contribution in [0.2, 0.25) is 0 Å². The van der Waals surface area contributed by atoms with Crippen LogP contribution in [-0.4, -0.2) is 32.2 Å². The van der Waals surface area contributed by atoms with Gasteiger partial charge in [0.15, 0.2) is 6.61 Å². The average Bonchev–Trinajstić information content (AvgIpc) is 3.11. The predicted octanol–water partition coefficient (Wildman–Crippen LogP) is 3.21. The van der Waals surface area contributed by atoms with Gasteiger partial charge in [0, 0.05) is 30.8 Å². The number of para-hydroxylation sites is 1. The van der Waals surface area contributed by atoms with E-state index in [-0.39, 0.29) is 12.6 Å². The van der Waals surface area contributed by atoms with E-state index in [9.17, 15) is 4.79 Å². The fourth-order valence-electron chi connectivity index (χ4n) is 2.75. The van der Waals surface area contributed by atoms with Gasteiger partial charge >= 0.3 is 5.97 Å². The van der Waals surface area contributed by atoms with Crippen molar-refractivity contribution in [3.63, 3.8) is 0 Å². The maximum Gasteiger partial charge on any atom is 0.341 e. The molecule has 0 aliphatic rings. The van der Waals surface area contributed by atoms with Crippen LogP contribution in [0.1, 0.15) is 18.5 Å². The van der Waals surface area contributed by atoms with Crippen molar-refractivity contribution in [1.82, 2.24) is 14.5 Å². The van der Waals surface area contributed by atoms with Crippen LogP contribution in [0.15, 0.2) is 61.2 Å². The van der Waals surface area contributed by atoms with Crippen molar-refractivity contribution in [2.24, 2.45) is 0 Å². The van der Waals surface area contributed by atoms with Crippen molar-refractivity contribution in [2.75, 3.05) is 6.61 Å². The van der Waals surface area contributed by atoms with Crippen molar-refractivity contribution < 1.29 is 14.6 Å². The summed E-state index contributed by atoms with van der Waals surface area (Å²) in [5.74, 6) is 0.242. The van der Waals surface area contributed by atoms with Gasteiger partial charge in [-0.1, -0.05) is 18.2 Å². The van der Waals surface area contributed by atoms with Crippen LogP contribution < -0.4 is 4.74 Å². The number of hydrogen-bond acceptors (Lipinski definition) is 4. The first kappa shape index (κ1) is 16.7. The van der Waals surface area contributed by atoms with Gasteiger partial charge in [-0.2, -0.15) is 0 Å². The lowest BCUT2D eigenvalue weighted by Crippen LogP contribution is -2.12. The van der Waals surface area contributed by atoms with Crippen molar-refractivity contribution in [3.8, 4) is 17.1 Å². The standard InChI is InChI=1S/C19H19N3O3/c1-14(11-15-5-4-8-20-12-15)22-10-9-21-19(22)16-6-2-3-7-17(16)25-13-18(23)24/h2-10,12,14H,11,13H2,1H3,(H,23,24). The number of aliphatic carboxylic acids is 1. The van der Waals surface area contributed by atoms with E-state index in [1.54, 1.807) is 18.5 Å². The Kier molecular flexibility index (Phi) is 5.09. The van der Waals surface area contributed by atoms with Crippen LogP contribution in [0, 0.1) is 0 Å². The molecule has 3 aromatic rings. The van der Waals surface area contributed by atoms with Gasteiger partial charge in [-0.15, -0.1) is 0 Å². The van der Waals surface area contributed by atoms with E-state index < -0.39 is 5.97 Å². The maximum atomic E-state index is 10.8. The van der Waals surface area contributed by atoms with Crippen molar-refractivity contribution in [3.05, 3.63) is 66.7 Å². The normalized spacial score (nSPS) is 11.9. The Balaban J connectivity index is 1.88. The monoisotopic (exact) mass is 337 g/mol. The third-order valence-electron chi connectivity index (χ3n) is 3.88. The first-order valence-corrected chi connectivity index (χ1v) is 8.01. The zero-order valence-electron chi connectivity index (χ0n) is 13.9. The van der Waals surface area contributed by atoms with Gasteiger partial charge in [0.05, 0.1) is 5.56 Å². The Morgan fingerprint density at radius 1 is 1.24 bits per heavy atom. The molecule has 0 amide bonds. The minimum Gasteiger partial charge on any atom is -0.481 e. The molecule has 25 heavy (non-hydrogen) atoms. The number of pyridine rings is 1. The van der Waals surface area contributed by atoms with Gasteiger partial charge in [0.2, 0.25) is 0 Å². The summed E-state index contributed by atoms with van der Waals surface area (Å²) in [6.45, 7) is 1.72. The Morgan fingerprint density at radius 3 is 2.84 bits per heavy atom. The summed E-state index contributed by atoms with van der Waals surface area (Å²) >= 11 is 0. The molecule has 0 aliphatic carbocycles. The number of carboxylic acid groups (broad SMARTS) is 1. The molecule has 1 aromatic carbocycles. The molecule has 1 atom stereocenters. The highest BCUT2D eigenvalue weighted by Crippen LogP contribution is 2.31. The number of benzene rings is 1. The second kappa shape index (κ2) is 7.61. The highest BCUT2D eigenvalue weighted by Gasteiger charge is 2.16. The number of ether oxygens (including phenoxy) is 1. The molecular weight excluding hydrogens is 318 g/mol. The van der Waals surface area contributed by atoms with E-state index in [1.165, 1.54) is 0 Å². The molecule has 0 bridgehead atoms. The van der Waals surface area contributed by atoms with Crippen LogP contribution >= 0.6 is 0 Å². The summed E-state index contributed by atoms with van der Waals surface area (Å²) in [5.41, 5.74) is 1.91. The van der Waals surface area contributed by atoms with Gasteiger partial charge in [-0.3, -0.25) is 4.98 Å². The Hall–Kier alpha value is -3.15. The molecule has 0 fully saturated rings. The number of nitrogens with zero attached hydrogens (tertiary/aromatic N) is 3. The van der Waals surface area contributed by atoms with Crippen LogP contribution in [-0.2, 0) is 11.2 Å². The van der Waals surface area contributed by atoms with E-state index in [0.717, 1.165) is 23.4 Å². The summed E-state index contributed by atoms with van der Waals surface area (Å²) in [6, 6.07) is 11.5. The van der Waals surface area contributed by atoms with Crippen LogP contribution in [0.5, 0.6) is 5.75 Å². The highest BCUT2D eigenvalue weighted by atomic mass is 16.5. The lowest BCUT2D eigenvalue weighted by atomic mass is 10.1. The molecule has 0 radical (unpaired) electrons. The molecule has 2 heterocycles. The van der Waals surface area contributed by atoms with Gasteiger partial charge in [0.25, 0.3) is 0 Å². The maximum absolute atomic E-state index is 10.8. The molecule has 0 spiro atoms. The summed E-state index contributed by atoms with van der Waals surface area (Å²) in [4.78, 5) is 19.4. The van der Waals surface area contributed by atoms with E-state index in [0.29, 0.717) is 5.75 Å². The molecule has 3 rings (SSSR count). The molecule has 6 nitrogen and oxygen atoms in total. The van der Waals surface area contributed by atoms with Crippen LogP contribution in [0.4, 0.5) is 0 Å². The van der Waals surface area contributed by atoms with Gasteiger partial charge in [-0.25, -0.2) is 9.78 Å². The number of carbonyl (C=O) groups is 1. The van der Waals surface area contributed by atoms with Gasteiger partial charge < -0.3 is 14.4 Å². The van der Waals surface area contributed by atoms with E-state index in [4.69, 9.17) is 9.84 Å². The quantitative estimate of drug-likeness (QED) is 0.716. The molecule has 0 saturated carbocycles. The summed E-state index contributed by atoms with van der Waals surface area (Å²) in [6.07, 6.45) is 8.09. The first-order valence-electron chi connectivity index (χ1n) is 8.01. The Labute approximate surface area is 145 Å². The molecule has 0 saturated heterocycles. The zero-order valence-corrected chi connectivity index (χ0v) is 13.9. The summed E-state index contributed by atoms with van der Waals surface area (Å²) in [5, 5.41) is 8.85. The Bertz CT molecular complexity index is 846. The molecular formula is C19H19N3O3. The average molecular weight is 337 g/mol. The van der Waals surface area contributed by atoms with Gasteiger partial charge in [-0.05, 0) is 37.1 Å². The zero-order chi connectivity index (χ0) is 17.6. The number of aromatic nitrogens is 3. The molecule has 1 N–H and O–H groups in total. The molecule has 128 valence electrons. The second-order valence-electron chi connectivity index (χ2n) is 5.75. The number of imidazole rings is 1. The van der Waals surface area contributed by atoms with Crippen molar-refractivity contribution >= 4 is 5.97 Å². The second-order valence-corrected chi connectivity index (χ2v) is 5.75. The van der Waals surface area contributed by atoms with Crippen LogP contribution in [0.3, 0.4) is 0 Å². The fraction of sp³-hybridized carbons (Fsp3) is 0.211. The van der Waals surface area contributed by atoms with Crippen molar-refractivity contribution in [2.45, 2.75) is 19.4 Å². The summed E-state index contributed by atoms with van der Waals surface area (Å²) in [7, 11) is 0. The lowest BCUT2D eigenvalue weighted by molar-refractivity contribution is -0.139. The number of rotatable bonds is 7. The SMILES string of the molecule is CC(Cc1cccnc1)n1ccnc1-c1ccccc1OCC(=O)O. The predicted molar refractivity (Wildman–Crippen MR) is 93.4 cm³/mol. The molecule has 1 unspecified atom stereocenters. The minimum atomic E-state index is -1.01. The highest BCUT2D eigenvalue weighted by molar-refractivity contribution is 5.70. The summed E-state index contributed by atoms with van der Waals surface area (Å²) < 4.78 is 7.48. The number of hydrogen-bond donors (Lipinski definition) is 1. The largest absolute Gasteiger partial charge is 0.481 e. The third kappa shape index (κ3) is 4.03. The minimum absolute atomic E-state index is 0.161. The van der Waals surface area contributed by atoms with Crippen molar-refractivity contribution in [1.29, 1.82) is 0 Å². The molecule has 6 heteroatoms. The fourth-order valence-corrected chi connectivity index (χ4v) is 2.75. The lowest BCUT2D eigenvalue weighted by Gasteiger charge is -2.18. The third-order valence-corrected chi connectivity index (χ3v) is 3.88. The smallest absolute Gasteiger partial charge is 0.341 e. The molecule has 2 aromatic heterocycles.